The molecular formula is C20H20N2O4. The van der Waals surface area contributed by atoms with Gasteiger partial charge in [-0.1, -0.05) is 12.1 Å². The first-order valence-electron chi connectivity index (χ1n) is 8.43. The maximum absolute atomic E-state index is 12.2. The van der Waals surface area contributed by atoms with Crippen LogP contribution >= 0.6 is 0 Å². The lowest BCUT2D eigenvalue weighted by Crippen LogP contribution is -2.16. The molecule has 0 aliphatic heterocycles. The zero-order valence-corrected chi connectivity index (χ0v) is 14.7. The standard InChI is InChI=1S/C20H20N2O4/c1-3-24-16-9-10-18-15(11-16)12-19(26-18)20(23)22-21-13-14-7-5-6-8-17(14)25-4-2/h5-13H,3-4H2,1-2H3,(H,22,23)/b21-13+. The van der Waals surface area contributed by atoms with Gasteiger partial charge in [0.15, 0.2) is 5.76 Å². The molecular weight excluding hydrogens is 332 g/mol. The maximum Gasteiger partial charge on any atom is 0.307 e. The number of hydrogen-bond donors (Lipinski definition) is 1. The van der Waals surface area contributed by atoms with Gasteiger partial charge in [-0.05, 0) is 50.2 Å². The molecule has 3 rings (SSSR count). The molecule has 1 heterocycles. The fourth-order valence-electron chi connectivity index (χ4n) is 2.48. The Bertz CT molecular complexity index is 930. The number of para-hydroxylation sites is 1. The number of hydrazone groups is 1. The van der Waals surface area contributed by atoms with Gasteiger partial charge >= 0.3 is 5.91 Å². The summed E-state index contributed by atoms with van der Waals surface area (Å²) in [5.41, 5.74) is 3.86. The summed E-state index contributed by atoms with van der Waals surface area (Å²) >= 11 is 0. The molecule has 134 valence electrons. The normalized spacial score (nSPS) is 11.0. The summed E-state index contributed by atoms with van der Waals surface area (Å²) in [4.78, 5) is 12.2. The molecule has 1 amide bonds. The minimum Gasteiger partial charge on any atom is -0.494 e. The second kappa shape index (κ2) is 8.20. The number of hydrogen-bond acceptors (Lipinski definition) is 5. The van der Waals surface area contributed by atoms with E-state index in [1.165, 1.54) is 0 Å². The molecule has 2 aromatic carbocycles. The zero-order chi connectivity index (χ0) is 18.4. The van der Waals surface area contributed by atoms with Crippen LogP contribution in [0.3, 0.4) is 0 Å². The van der Waals surface area contributed by atoms with Crippen molar-refractivity contribution in [3.05, 3.63) is 59.9 Å². The van der Waals surface area contributed by atoms with Crippen LogP contribution in [0, 0.1) is 0 Å². The minimum absolute atomic E-state index is 0.184. The van der Waals surface area contributed by atoms with Crippen LogP contribution in [-0.4, -0.2) is 25.3 Å². The molecule has 1 N–H and O–H groups in total. The van der Waals surface area contributed by atoms with E-state index in [1.54, 1.807) is 24.4 Å². The average Bonchev–Trinajstić information content (AvgIpc) is 3.07. The fourth-order valence-corrected chi connectivity index (χ4v) is 2.48. The summed E-state index contributed by atoms with van der Waals surface area (Å²) in [6.07, 6.45) is 1.54. The predicted octanol–water partition coefficient (Wildman–Crippen LogP) is 3.99. The third-order valence-electron chi connectivity index (χ3n) is 3.61. The quantitative estimate of drug-likeness (QED) is 0.515. The van der Waals surface area contributed by atoms with Gasteiger partial charge in [-0.2, -0.15) is 5.10 Å². The lowest BCUT2D eigenvalue weighted by molar-refractivity contribution is 0.0929. The van der Waals surface area contributed by atoms with Gasteiger partial charge in [-0.15, -0.1) is 0 Å². The topological polar surface area (TPSA) is 73.1 Å². The van der Waals surface area contributed by atoms with Crippen LogP contribution in [0.1, 0.15) is 30.0 Å². The molecule has 0 atom stereocenters. The second-order valence-corrected chi connectivity index (χ2v) is 5.41. The Hall–Kier alpha value is -3.28. The van der Waals surface area contributed by atoms with Crippen LogP contribution in [0.2, 0.25) is 0 Å². The van der Waals surface area contributed by atoms with Crippen LogP contribution in [-0.2, 0) is 0 Å². The van der Waals surface area contributed by atoms with E-state index in [1.807, 2.05) is 44.2 Å². The van der Waals surface area contributed by atoms with Crippen molar-refractivity contribution in [2.75, 3.05) is 13.2 Å². The van der Waals surface area contributed by atoms with E-state index >= 15 is 0 Å². The number of rotatable bonds is 7. The summed E-state index contributed by atoms with van der Waals surface area (Å²) in [5, 5.41) is 4.79. The van der Waals surface area contributed by atoms with E-state index in [0.717, 1.165) is 16.7 Å². The van der Waals surface area contributed by atoms with E-state index in [-0.39, 0.29) is 5.76 Å². The number of fused-ring (bicyclic) bond motifs is 1. The first-order valence-corrected chi connectivity index (χ1v) is 8.43. The molecule has 0 saturated heterocycles. The lowest BCUT2D eigenvalue weighted by atomic mass is 10.2. The minimum atomic E-state index is -0.427. The van der Waals surface area contributed by atoms with Crippen molar-refractivity contribution in [3.63, 3.8) is 0 Å². The molecule has 1 aromatic heterocycles. The SMILES string of the molecule is CCOc1ccc2oc(C(=O)N/N=C/c3ccccc3OCC)cc2c1. The number of carbonyl (C=O) groups excluding carboxylic acids is 1. The highest BCUT2D eigenvalue weighted by Gasteiger charge is 2.12. The third-order valence-corrected chi connectivity index (χ3v) is 3.61. The Morgan fingerprint density at radius 2 is 1.92 bits per heavy atom. The molecule has 0 spiro atoms. The molecule has 0 unspecified atom stereocenters. The van der Waals surface area contributed by atoms with Crippen LogP contribution < -0.4 is 14.9 Å². The lowest BCUT2D eigenvalue weighted by Gasteiger charge is -2.05. The van der Waals surface area contributed by atoms with Gasteiger partial charge < -0.3 is 13.9 Å². The number of nitrogens with zero attached hydrogens (tertiary/aromatic N) is 1. The number of amides is 1. The van der Waals surface area contributed by atoms with Crippen molar-refractivity contribution in [3.8, 4) is 11.5 Å². The van der Waals surface area contributed by atoms with E-state index in [0.29, 0.717) is 24.5 Å². The predicted molar refractivity (Wildman–Crippen MR) is 100 cm³/mol. The summed E-state index contributed by atoms with van der Waals surface area (Å²) in [6, 6.07) is 14.5. The summed E-state index contributed by atoms with van der Waals surface area (Å²) in [6.45, 7) is 4.96. The Morgan fingerprint density at radius 1 is 1.12 bits per heavy atom. The van der Waals surface area contributed by atoms with Crippen LogP contribution in [0.25, 0.3) is 11.0 Å². The third kappa shape index (κ3) is 4.03. The second-order valence-electron chi connectivity index (χ2n) is 5.41. The van der Waals surface area contributed by atoms with Crippen LogP contribution in [0.4, 0.5) is 0 Å². The number of benzene rings is 2. The smallest absolute Gasteiger partial charge is 0.307 e. The van der Waals surface area contributed by atoms with E-state index in [2.05, 4.69) is 10.5 Å². The van der Waals surface area contributed by atoms with Gasteiger partial charge in [-0.25, -0.2) is 5.43 Å². The molecule has 0 bridgehead atoms. The zero-order valence-electron chi connectivity index (χ0n) is 14.7. The Morgan fingerprint density at radius 3 is 2.73 bits per heavy atom. The number of furan rings is 1. The largest absolute Gasteiger partial charge is 0.494 e. The van der Waals surface area contributed by atoms with E-state index in [9.17, 15) is 4.79 Å². The van der Waals surface area contributed by atoms with Crippen molar-refractivity contribution in [1.29, 1.82) is 0 Å². The maximum atomic E-state index is 12.2. The molecule has 0 aliphatic rings. The molecule has 6 heteroatoms. The fraction of sp³-hybridized carbons (Fsp3) is 0.200. The van der Waals surface area contributed by atoms with Crippen LogP contribution in [0.5, 0.6) is 11.5 Å². The van der Waals surface area contributed by atoms with Crippen LogP contribution in [0.15, 0.2) is 58.0 Å². The van der Waals surface area contributed by atoms with Crippen molar-refractivity contribution >= 4 is 23.1 Å². The summed E-state index contributed by atoms with van der Waals surface area (Å²) in [7, 11) is 0. The highest BCUT2D eigenvalue weighted by atomic mass is 16.5. The molecule has 0 fully saturated rings. The monoisotopic (exact) mass is 352 g/mol. The first-order chi connectivity index (χ1) is 12.7. The molecule has 3 aromatic rings. The van der Waals surface area contributed by atoms with Gasteiger partial charge in [0.2, 0.25) is 0 Å². The van der Waals surface area contributed by atoms with Gasteiger partial charge in [0.05, 0.1) is 19.4 Å². The Labute approximate surface area is 151 Å². The highest BCUT2D eigenvalue weighted by Crippen LogP contribution is 2.24. The van der Waals surface area contributed by atoms with Crippen molar-refractivity contribution in [1.82, 2.24) is 5.43 Å². The molecule has 26 heavy (non-hydrogen) atoms. The Balaban J connectivity index is 1.71. The molecule has 6 nitrogen and oxygen atoms in total. The average molecular weight is 352 g/mol. The van der Waals surface area contributed by atoms with Gasteiger partial charge in [-0.3, -0.25) is 4.79 Å². The molecule has 0 radical (unpaired) electrons. The molecule has 0 aliphatic carbocycles. The van der Waals surface area contributed by atoms with E-state index in [4.69, 9.17) is 13.9 Å². The van der Waals surface area contributed by atoms with Gasteiger partial charge in [0.25, 0.3) is 0 Å². The first kappa shape index (κ1) is 17.5. The molecule has 0 saturated carbocycles. The van der Waals surface area contributed by atoms with Gasteiger partial charge in [0, 0.05) is 10.9 Å². The summed E-state index contributed by atoms with van der Waals surface area (Å²) in [5.74, 6) is 1.20. The van der Waals surface area contributed by atoms with Crippen molar-refractivity contribution in [2.24, 2.45) is 5.10 Å². The number of carbonyl (C=O) groups is 1. The summed E-state index contributed by atoms with van der Waals surface area (Å²) < 4.78 is 16.5. The van der Waals surface area contributed by atoms with E-state index < -0.39 is 5.91 Å². The number of nitrogens with one attached hydrogen (secondary N) is 1. The highest BCUT2D eigenvalue weighted by molar-refractivity contribution is 5.97. The van der Waals surface area contributed by atoms with Crippen molar-refractivity contribution < 1.29 is 18.7 Å². The number of ether oxygens (including phenoxy) is 2. The van der Waals surface area contributed by atoms with Crippen molar-refractivity contribution in [2.45, 2.75) is 13.8 Å². The van der Waals surface area contributed by atoms with Gasteiger partial charge in [0.1, 0.15) is 17.1 Å². The Kier molecular flexibility index (Phi) is 5.53.